The molecule has 9 heteroatoms. The summed E-state index contributed by atoms with van der Waals surface area (Å²) in [6.07, 6.45) is 3.83. The minimum absolute atomic E-state index is 0.0941. The predicted octanol–water partition coefficient (Wildman–Crippen LogP) is 6.04. The average Bonchev–Trinajstić information content (AvgIpc) is 3.04. The number of ketones is 1. The van der Waals surface area contributed by atoms with Crippen LogP contribution in [-0.4, -0.2) is 52.3 Å². The third-order valence-electron chi connectivity index (χ3n) is 7.44. The number of benzene rings is 4. The third-order valence-corrected chi connectivity index (χ3v) is 8.59. The lowest BCUT2D eigenvalue weighted by molar-refractivity contribution is -0.00436. The van der Waals surface area contributed by atoms with Crippen LogP contribution in [0, 0.1) is 0 Å². The fourth-order valence-electron chi connectivity index (χ4n) is 5.04. The van der Waals surface area contributed by atoms with Gasteiger partial charge in [0.05, 0.1) is 26.2 Å². The Labute approximate surface area is 251 Å². The lowest BCUT2D eigenvalue weighted by atomic mass is 9.71. The average molecular weight is 597 g/mol. The Morgan fingerprint density at radius 3 is 1.93 bits per heavy atom. The van der Waals surface area contributed by atoms with E-state index in [0.717, 1.165) is 29.1 Å². The van der Waals surface area contributed by atoms with Gasteiger partial charge < -0.3 is 19.7 Å². The Kier molecular flexibility index (Phi) is 9.29. The molecule has 0 aliphatic heterocycles. The molecule has 43 heavy (non-hydrogen) atoms. The maximum Gasteiger partial charge on any atom is 0.362 e. The SMILES string of the molecule is COc1ccc(C(C)(c2ccccc2)c2ccc(OC)c(OC)c2)cc1.CS(=O)(=O)c1cccc2c1C=CC(=[N+]=[N-])C2=O. The van der Waals surface area contributed by atoms with E-state index in [2.05, 4.69) is 60.2 Å². The molecule has 0 saturated carbocycles. The van der Waals surface area contributed by atoms with Gasteiger partial charge in [-0.1, -0.05) is 60.7 Å². The van der Waals surface area contributed by atoms with Crippen molar-refractivity contribution in [2.75, 3.05) is 27.6 Å². The van der Waals surface area contributed by atoms with Gasteiger partial charge in [0.15, 0.2) is 21.3 Å². The molecule has 0 heterocycles. The zero-order chi connectivity index (χ0) is 31.2. The van der Waals surface area contributed by atoms with E-state index in [-0.39, 0.29) is 21.6 Å². The van der Waals surface area contributed by atoms with Crippen LogP contribution in [0.25, 0.3) is 11.6 Å². The molecule has 0 amide bonds. The molecule has 0 aromatic heterocycles. The Morgan fingerprint density at radius 2 is 1.35 bits per heavy atom. The molecule has 0 radical (unpaired) electrons. The van der Waals surface area contributed by atoms with Gasteiger partial charge in [0, 0.05) is 28.9 Å². The van der Waals surface area contributed by atoms with Gasteiger partial charge >= 0.3 is 5.71 Å². The summed E-state index contributed by atoms with van der Waals surface area (Å²) >= 11 is 0. The Balaban J connectivity index is 0.000000215. The van der Waals surface area contributed by atoms with Gasteiger partial charge in [-0.3, -0.25) is 4.79 Å². The van der Waals surface area contributed by atoms with E-state index in [9.17, 15) is 13.2 Å². The molecule has 0 bridgehead atoms. The summed E-state index contributed by atoms with van der Waals surface area (Å²) in [5.74, 6) is 1.80. The second kappa shape index (κ2) is 12.9. The van der Waals surface area contributed by atoms with Crippen molar-refractivity contribution in [2.24, 2.45) is 0 Å². The quantitative estimate of drug-likeness (QED) is 0.146. The number of hydrogen-bond donors (Lipinski definition) is 0. The van der Waals surface area contributed by atoms with Crippen molar-refractivity contribution in [3.63, 3.8) is 0 Å². The van der Waals surface area contributed by atoms with Gasteiger partial charge in [-0.05, 0) is 60.0 Å². The van der Waals surface area contributed by atoms with Gasteiger partial charge in [-0.2, -0.15) is 4.79 Å². The first-order chi connectivity index (χ1) is 20.6. The molecule has 8 nitrogen and oxygen atoms in total. The van der Waals surface area contributed by atoms with Crippen molar-refractivity contribution >= 4 is 27.4 Å². The Bertz CT molecular complexity index is 1830. The smallest absolute Gasteiger partial charge is 0.362 e. The van der Waals surface area contributed by atoms with E-state index >= 15 is 0 Å². The van der Waals surface area contributed by atoms with Gasteiger partial charge in [-0.15, -0.1) is 0 Å². The second-order valence-corrected chi connectivity index (χ2v) is 11.9. The summed E-state index contributed by atoms with van der Waals surface area (Å²) in [7, 11) is 1.59. The number of carbonyl (C=O) groups is 1. The summed E-state index contributed by atoms with van der Waals surface area (Å²) in [5, 5.41) is 0. The number of fused-ring (bicyclic) bond motifs is 1. The molecule has 0 fully saturated rings. The first-order valence-corrected chi connectivity index (χ1v) is 15.2. The fraction of sp³-hybridized carbons (Fsp3) is 0.176. The number of rotatable bonds is 7. The lowest BCUT2D eigenvalue weighted by Crippen LogP contribution is -2.25. The minimum atomic E-state index is -3.40. The van der Waals surface area contributed by atoms with Crippen LogP contribution in [0.5, 0.6) is 17.2 Å². The molecule has 1 unspecified atom stereocenters. The first kappa shape index (κ1) is 31.0. The van der Waals surface area contributed by atoms with Gasteiger partial charge in [0.2, 0.25) is 0 Å². The first-order valence-electron chi connectivity index (χ1n) is 13.3. The summed E-state index contributed by atoms with van der Waals surface area (Å²) in [5.41, 5.74) is 12.2. The number of sulfone groups is 1. The molecule has 220 valence electrons. The van der Waals surface area contributed by atoms with Crippen LogP contribution >= 0.6 is 0 Å². The van der Waals surface area contributed by atoms with E-state index < -0.39 is 15.6 Å². The molecule has 0 spiro atoms. The third kappa shape index (κ3) is 6.28. The molecule has 1 aliphatic carbocycles. The predicted molar refractivity (Wildman–Crippen MR) is 166 cm³/mol. The van der Waals surface area contributed by atoms with Crippen molar-refractivity contribution in [3.05, 3.63) is 130 Å². The maximum atomic E-state index is 11.8. The van der Waals surface area contributed by atoms with Crippen LogP contribution in [-0.2, 0) is 15.3 Å². The maximum absolute atomic E-state index is 11.8. The Hall–Kier alpha value is -4.98. The number of allylic oxidation sites excluding steroid dienone is 1. The minimum Gasteiger partial charge on any atom is -0.497 e. The molecular weight excluding hydrogens is 564 g/mol. The normalized spacial score (nSPS) is 13.5. The van der Waals surface area contributed by atoms with E-state index in [0.29, 0.717) is 5.56 Å². The molecule has 0 saturated heterocycles. The van der Waals surface area contributed by atoms with Crippen molar-refractivity contribution in [1.82, 2.24) is 0 Å². The largest absolute Gasteiger partial charge is 0.497 e. The molecule has 5 rings (SSSR count). The summed E-state index contributed by atoms with van der Waals surface area (Å²) < 4.78 is 39.3. The summed E-state index contributed by atoms with van der Waals surface area (Å²) in [6, 6.07) is 29.2. The van der Waals surface area contributed by atoms with Crippen LogP contribution in [0.3, 0.4) is 0 Å². The molecule has 4 aromatic rings. The molecule has 4 aromatic carbocycles. The van der Waals surface area contributed by atoms with Crippen molar-refractivity contribution in [2.45, 2.75) is 17.2 Å². The number of hydrogen-bond acceptors (Lipinski definition) is 6. The highest BCUT2D eigenvalue weighted by molar-refractivity contribution is 7.90. The molecular formula is C34H32N2O6S. The highest BCUT2D eigenvalue weighted by atomic mass is 32.2. The topological polar surface area (TPSA) is 115 Å². The lowest BCUT2D eigenvalue weighted by Gasteiger charge is -2.32. The monoisotopic (exact) mass is 596 g/mol. The van der Waals surface area contributed by atoms with Crippen molar-refractivity contribution in [1.29, 1.82) is 0 Å². The van der Waals surface area contributed by atoms with Gasteiger partial charge in [0.25, 0.3) is 5.78 Å². The molecule has 1 atom stereocenters. The van der Waals surface area contributed by atoms with Crippen LogP contribution in [0.15, 0.2) is 102 Å². The number of nitrogens with zero attached hydrogens (tertiary/aromatic N) is 2. The number of Topliss-reactive ketones (excluding diaryl/α,β-unsaturated/α-hetero) is 1. The zero-order valence-corrected chi connectivity index (χ0v) is 25.4. The van der Waals surface area contributed by atoms with E-state index in [1.54, 1.807) is 21.3 Å². The van der Waals surface area contributed by atoms with Crippen LogP contribution in [0.2, 0.25) is 0 Å². The molecule has 0 N–H and O–H groups in total. The Morgan fingerprint density at radius 1 is 0.721 bits per heavy atom. The van der Waals surface area contributed by atoms with E-state index in [4.69, 9.17) is 19.7 Å². The van der Waals surface area contributed by atoms with Crippen LogP contribution in [0.1, 0.15) is 39.5 Å². The van der Waals surface area contributed by atoms with Gasteiger partial charge in [0.1, 0.15) is 5.75 Å². The standard InChI is InChI=1S/C23H24O3.C11H8N2O3S/c1-23(17-8-6-5-7-9-17,18-10-13-20(24-2)14-11-18)19-12-15-21(25-3)22(16-19)26-4;1-17(15,16)10-4-2-3-8-7(10)5-6-9(13-12)11(8)14/h5-16H,1-4H3;2-6H,1H3. The van der Waals surface area contributed by atoms with Crippen LogP contribution < -0.4 is 14.2 Å². The summed E-state index contributed by atoms with van der Waals surface area (Å²) in [6.45, 7) is 2.23. The number of carbonyl (C=O) groups excluding carboxylic acids is 1. The van der Waals surface area contributed by atoms with Crippen molar-refractivity contribution in [3.8, 4) is 17.2 Å². The highest BCUT2D eigenvalue weighted by Gasteiger charge is 2.32. The highest BCUT2D eigenvalue weighted by Crippen LogP contribution is 2.42. The number of ether oxygens (including phenoxy) is 3. The zero-order valence-electron chi connectivity index (χ0n) is 24.6. The van der Waals surface area contributed by atoms with Gasteiger partial charge in [-0.25, -0.2) is 8.42 Å². The summed E-state index contributed by atoms with van der Waals surface area (Å²) in [4.78, 5) is 14.7. The van der Waals surface area contributed by atoms with E-state index in [1.165, 1.54) is 41.5 Å². The fourth-order valence-corrected chi connectivity index (χ4v) is 5.94. The van der Waals surface area contributed by atoms with Crippen molar-refractivity contribution < 1.29 is 32.2 Å². The second-order valence-electron chi connectivity index (χ2n) is 9.93. The number of methoxy groups -OCH3 is 3. The molecule has 1 aliphatic rings. The van der Waals surface area contributed by atoms with E-state index in [1.807, 2.05) is 24.3 Å². The van der Waals surface area contributed by atoms with Crippen LogP contribution in [0.4, 0.5) is 0 Å².